The minimum atomic E-state index is 0.906. The molecule has 2 aromatic carbocycles. The first-order valence-electron chi connectivity index (χ1n) is 8.99. The molecule has 3 rings (SSSR count). The average Bonchev–Trinajstić information content (AvgIpc) is 2.48. The number of nitrogens with zero attached hydrogens (tertiary/aromatic N) is 2. The summed E-state index contributed by atoms with van der Waals surface area (Å²) in [7, 11) is 0. The summed E-state index contributed by atoms with van der Waals surface area (Å²) < 4.78 is 0.906. The predicted molar refractivity (Wildman–Crippen MR) is 106 cm³/mol. The molecule has 0 atom stereocenters. The summed E-state index contributed by atoms with van der Waals surface area (Å²) in [4.78, 5) is 4.65. The van der Waals surface area contributed by atoms with Crippen molar-refractivity contribution in [2.45, 2.75) is 48.0 Å². The summed E-state index contributed by atoms with van der Waals surface area (Å²) in [5, 5.41) is 0. The second-order valence-electron chi connectivity index (χ2n) is 7.39. The molecular formula is C22H28CuN2. The molecule has 0 aliphatic carbocycles. The molecule has 2 aromatic rings. The Balaban J connectivity index is 2.04. The van der Waals surface area contributed by atoms with Crippen molar-refractivity contribution in [2.24, 2.45) is 0 Å². The van der Waals surface area contributed by atoms with Crippen LogP contribution in [0, 0.1) is 41.5 Å². The Morgan fingerprint density at radius 2 is 0.960 bits per heavy atom. The van der Waals surface area contributed by atoms with Gasteiger partial charge in [-0.1, -0.05) is 0 Å². The molecule has 0 spiro atoms. The van der Waals surface area contributed by atoms with Crippen molar-refractivity contribution in [1.82, 2.24) is 0 Å². The van der Waals surface area contributed by atoms with Gasteiger partial charge in [-0.15, -0.1) is 0 Å². The van der Waals surface area contributed by atoms with E-state index < -0.39 is 0 Å². The number of hydrogen-bond donors (Lipinski definition) is 0. The third-order valence-corrected chi connectivity index (χ3v) is 5.49. The van der Waals surface area contributed by atoms with Crippen LogP contribution in [-0.2, 0) is 15.6 Å². The summed E-state index contributed by atoms with van der Waals surface area (Å²) in [6.45, 7) is 15.0. The van der Waals surface area contributed by atoms with E-state index in [4.69, 9.17) is 15.6 Å². The zero-order valence-corrected chi connectivity index (χ0v) is 17.1. The fourth-order valence-corrected chi connectivity index (χ4v) is 4.71. The normalized spacial score (nSPS) is 15.1. The molecule has 1 saturated heterocycles. The van der Waals surface area contributed by atoms with Gasteiger partial charge in [-0.25, -0.2) is 0 Å². The molecule has 0 unspecified atom stereocenters. The Kier molecular flexibility index (Phi) is 5.09. The topological polar surface area (TPSA) is 6.48 Å². The summed E-state index contributed by atoms with van der Waals surface area (Å²) in [5.41, 5.74) is 10.4. The van der Waals surface area contributed by atoms with Crippen molar-refractivity contribution in [3.63, 3.8) is 0 Å². The molecule has 1 aliphatic heterocycles. The van der Waals surface area contributed by atoms with Crippen molar-refractivity contribution in [2.75, 3.05) is 22.9 Å². The fraction of sp³-hybridized carbons (Fsp3) is 0.409. The van der Waals surface area contributed by atoms with E-state index in [9.17, 15) is 0 Å². The van der Waals surface area contributed by atoms with Gasteiger partial charge >= 0.3 is 160 Å². The third kappa shape index (κ3) is 3.41. The molecule has 0 amide bonds. The molecule has 1 heterocycles. The number of benzene rings is 2. The van der Waals surface area contributed by atoms with Crippen molar-refractivity contribution in [1.29, 1.82) is 0 Å². The maximum absolute atomic E-state index is 6.15. The van der Waals surface area contributed by atoms with E-state index in [0.29, 0.717) is 0 Å². The molecule has 2 nitrogen and oxygen atoms in total. The Labute approximate surface area is 160 Å². The molecule has 25 heavy (non-hydrogen) atoms. The fourth-order valence-electron chi connectivity index (χ4n) is 4.29. The van der Waals surface area contributed by atoms with Crippen LogP contribution in [0.5, 0.6) is 0 Å². The molecular weight excluding hydrogens is 356 g/mol. The first-order chi connectivity index (χ1) is 11.8. The van der Waals surface area contributed by atoms with Gasteiger partial charge in [0.25, 0.3) is 0 Å². The summed E-state index contributed by atoms with van der Waals surface area (Å²) in [6, 6.07) is 9.02. The van der Waals surface area contributed by atoms with Gasteiger partial charge < -0.3 is 0 Å². The SMILES string of the molecule is Cc1cc(C)c(N2CCCN(c3c(C)cc(C)cc3C)[C]2=[Cu])c(C)c1. The molecule has 137 valence electrons. The van der Waals surface area contributed by atoms with E-state index in [-0.39, 0.29) is 0 Å². The van der Waals surface area contributed by atoms with Crippen LogP contribution in [-0.4, -0.2) is 17.8 Å². The standard InChI is InChI=1S/C22H28N2.Cu/c1-15-10-17(3)21(18(4)11-15)23-8-7-9-24(14-23)22-19(5)12-16(2)13-20(22)6;/h10-13H,7-9H2,1-6H3;. The van der Waals surface area contributed by atoms with Crippen molar-refractivity contribution >= 4 is 16.0 Å². The number of rotatable bonds is 2. The Hall–Kier alpha value is -1.57. The van der Waals surface area contributed by atoms with Gasteiger partial charge in [0.15, 0.2) is 0 Å². The summed E-state index contributed by atoms with van der Waals surface area (Å²) in [6.07, 6.45) is 1.11. The van der Waals surface area contributed by atoms with Gasteiger partial charge in [0.05, 0.1) is 0 Å². The van der Waals surface area contributed by atoms with Crippen LogP contribution in [0.15, 0.2) is 24.3 Å². The quantitative estimate of drug-likeness (QED) is 0.681. The van der Waals surface area contributed by atoms with E-state index in [2.05, 4.69) is 75.6 Å². The van der Waals surface area contributed by atoms with Gasteiger partial charge in [-0.3, -0.25) is 0 Å². The van der Waals surface area contributed by atoms with Gasteiger partial charge in [-0.05, 0) is 0 Å². The summed E-state index contributed by atoms with van der Waals surface area (Å²) in [5.74, 6) is 0. The number of hydrogen-bond acceptors (Lipinski definition) is 2. The Morgan fingerprint density at radius 1 is 0.640 bits per heavy atom. The van der Waals surface area contributed by atoms with Crippen molar-refractivity contribution in [3.05, 3.63) is 57.6 Å². The van der Waals surface area contributed by atoms with E-state index in [1.807, 2.05) is 0 Å². The maximum atomic E-state index is 6.15. The zero-order valence-electron chi connectivity index (χ0n) is 16.1. The predicted octanol–water partition coefficient (Wildman–Crippen LogP) is 4.89. The van der Waals surface area contributed by atoms with Crippen LogP contribution >= 0.6 is 0 Å². The van der Waals surface area contributed by atoms with Crippen LogP contribution in [0.25, 0.3) is 0 Å². The van der Waals surface area contributed by atoms with E-state index in [1.54, 1.807) is 0 Å². The van der Waals surface area contributed by atoms with Gasteiger partial charge in [0.2, 0.25) is 0 Å². The first kappa shape index (κ1) is 18.2. The molecule has 0 N–H and O–H groups in total. The van der Waals surface area contributed by atoms with Crippen LogP contribution in [0.2, 0.25) is 0 Å². The van der Waals surface area contributed by atoms with E-state index in [0.717, 1.165) is 24.2 Å². The third-order valence-electron chi connectivity index (χ3n) is 4.98. The molecule has 0 saturated carbocycles. The van der Waals surface area contributed by atoms with E-state index in [1.165, 1.54) is 44.8 Å². The van der Waals surface area contributed by atoms with Crippen LogP contribution in [0.3, 0.4) is 0 Å². The second-order valence-corrected chi connectivity index (χ2v) is 7.81. The monoisotopic (exact) mass is 383 g/mol. The molecule has 3 heteroatoms. The molecule has 1 fully saturated rings. The van der Waals surface area contributed by atoms with Crippen molar-refractivity contribution < 1.29 is 15.6 Å². The average molecular weight is 384 g/mol. The van der Waals surface area contributed by atoms with Gasteiger partial charge in [0, 0.05) is 0 Å². The van der Waals surface area contributed by atoms with Crippen LogP contribution in [0.1, 0.15) is 39.8 Å². The zero-order chi connectivity index (χ0) is 18.3. The van der Waals surface area contributed by atoms with Crippen LogP contribution < -0.4 is 9.80 Å². The number of anilines is 2. The van der Waals surface area contributed by atoms with Crippen molar-refractivity contribution in [3.8, 4) is 0 Å². The second kappa shape index (κ2) is 6.97. The minimum absolute atomic E-state index is 0.906. The molecule has 1 aliphatic rings. The number of aryl methyl sites for hydroxylation is 6. The first-order valence-corrected chi connectivity index (χ1v) is 9.46. The molecule has 0 radical (unpaired) electrons. The summed E-state index contributed by atoms with van der Waals surface area (Å²) >= 11 is 6.15. The Morgan fingerprint density at radius 3 is 1.28 bits per heavy atom. The van der Waals surface area contributed by atoms with Gasteiger partial charge in [0.1, 0.15) is 0 Å². The molecule has 0 bridgehead atoms. The van der Waals surface area contributed by atoms with Crippen LogP contribution in [0.4, 0.5) is 11.4 Å². The molecule has 0 aromatic heterocycles. The van der Waals surface area contributed by atoms with E-state index >= 15 is 0 Å². The van der Waals surface area contributed by atoms with Gasteiger partial charge in [-0.2, -0.15) is 0 Å². The Bertz CT molecular complexity index is 724.